The lowest BCUT2D eigenvalue weighted by Crippen LogP contribution is -1.94. The Morgan fingerprint density at radius 2 is 1.92 bits per heavy atom. The Kier molecular flexibility index (Phi) is 2.85. The molecule has 12 heavy (non-hydrogen) atoms. The van der Waals surface area contributed by atoms with Crippen molar-refractivity contribution in [1.29, 1.82) is 0 Å². The Balaban J connectivity index is 3.23. The van der Waals surface area contributed by atoms with Crippen LogP contribution < -0.4 is 0 Å². The largest absolute Gasteiger partial charge is 0.281 e. The molecule has 1 aromatic rings. The summed E-state index contributed by atoms with van der Waals surface area (Å²) in [5.41, 5.74) is -0.0602. The molecule has 0 saturated heterocycles. The van der Waals surface area contributed by atoms with E-state index in [9.17, 15) is 8.78 Å². The number of aromatic nitrogens is 1. The van der Waals surface area contributed by atoms with Crippen molar-refractivity contribution in [1.82, 2.24) is 4.98 Å². The molecule has 0 unspecified atom stereocenters. The summed E-state index contributed by atoms with van der Waals surface area (Å²) >= 11 is 11.1. The zero-order valence-corrected chi connectivity index (χ0v) is 7.63. The number of nitrogens with zero attached hydrogens (tertiary/aromatic N) is 1. The minimum atomic E-state index is -2.66. The minimum absolute atomic E-state index is 0.0967. The topological polar surface area (TPSA) is 12.9 Å². The van der Waals surface area contributed by atoms with Crippen LogP contribution in [0, 0.1) is 6.92 Å². The van der Waals surface area contributed by atoms with Crippen LogP contribution in [0.2, 0.25) is 10.0 Å². The average molecular weight is 212 g/mol. The third-order valence-electron chi connectivity index (χ3n) is 1.34. The molecule has 1 rings (SSSR count). The molecular weight excluding hydrogens is 207 g/mol. The van der Waals surface area contributed by atoms with Gasteiger partial charge in [-0.2, -0.15) is 0 Å². The minimum Gasteiger partial charge on any atom is -0.249 e. The van der Waals surface area contributed by atoms with Gasteiger partial charge < -0.3 is 0 Å². The van der Waals surface area contributed by atoms with Crippen molar-refractivity contribution >= 4 is 23.2 Å². The fourth-order valence-electron chi connectivity index (χ4n) is 0.730. The SMILES string of the molecule is Cc1nc(C(F)F)c(Cl)cc1Cl. The number of rotatable bonds is 1. The van der Waals surface area contributed by atoms with E-state index in [-0.39, 0.29) is 5.02 Å². The molecule has 0 bridgehead atoms. The summed E-state index contributed by atoms with van der Waals surface area (Å²) in [5.74, 6) is 0. The summed E-state index contributed by atoms with van der Waals surface area (Å²) in [7, 11) is 0. The fourth-order valence-corrected chi connectivity index (χ4v) is 1.17. The molecule has 0 fully saturated rings. The van der Waals surface area contributed by atoms with Gasteiger partial charge in [-0.15, -0.1) is 0 Å². The Bertz CT molecular complexity index is 302. The van der Waals surface area contributed by atoms with Gasteiger partial charge >= 0.3 is 0 Å². The predicted octanol–water partition coefficient (Wildman–Crippen LogP) is 3.63. The van der Waals surface area contributed by atoms with Gasteiger partial charge in [0.25, 0.3) is 6.43 Å². The Labute approximate surface area is 78.3 Å². The zero-order chi connectivity index (χ0) is 9.30. The highest BCUT2D eigenvalue weighted by Gasteiger charge is 2.15. The maximum Gasteiger partial charge on any atom is 0.281 e. The maximum absolute atomic E-state index is 12.1. The molecule has 0 radical (unpaired) electrons. The highest BCUT2D eigenvalue weighted by atomic mass is 35.5. The molecule has 1 nitrogen and oxygen atoms in total. The number of alkyl halides is 2. The molecule has 1 heterocycles. The van der Waals surface area contributed by atoms with Crippen LogP contribution in [0.3, 0.4) is 0 Å². The molecule has 0 amide bonds. The summed E-state index contributed by atoms with van der Waals surface area (Å²) in [6.45, 7) is 1.55. The van der Waals surface area contributed by atoms with E-state index < -0.39 is 12.1 Å². The van der Waals surface area contributed by atoms with E-state index in [2.05, 4.69) is 4.98 Å². The van der Waals surface area contributed by atoms with Gasteiger partial charge in [0.2, 0.25) is 0 Å². The average Bonchev–Trinajstić information content (AvgIpc) is 1.96. The molecule has 0 aliphatic heterocycles. The molecule has 5 heteroatoms. The lowest BCUT2D eigenvalue weighted by molar-refractivity contribution is 0.146. The molecule has 1 aromatic heterocycles. The normalized spacial score (nSPS) is 10.8. The number of pyridine rings is 1. The first-order chi connectivity index (χ1) is 5.52. The second-order valence-corrected chi connectivity index (χ2v) is 3.04. The Morgan fingerprint density at radius 1 is 1.33 bits per heavy atom. The van der Waals surface area contributed by atoms with Crippen LogP contribution in [0.5, 0.6) is 0 Å². The second kappa shape index (κ2) is 3.54. The van der Waals surface area contributed by atoms with Gasteiger partial charge in [0.05, 0.1) is 15.7 Å². The van der Waals surface area contributed by atoms with E-state index in [0.29, 0.717) is 10.7 Å². The number of hydrogen-bond donors (Lipinski definition) is 0. The molecule has 0 aliphatic carbocycles. The van der Waals surface area contributed by atoms with Crippen LogP contribution in [-0.4, -0.2) is 4.98 Å². The first-order valence-electron chi connectivity index (χ1n) is 3.13. The van der Waals surface area contributed by atoms with Crippen molar-refractivity contribution in [2.24, 2.45) is 0 Å². The summed E-state index contributed by atoms with van der Waals surface area (Å²) in [5, 5.41) is 0.199. The molecule has 0 saturated carbocycles. The van der Waals surface area contributed by atoms with Crippen LogP contribution in [0.4, 0.5) is 8.78 Å². The quantitative estimate of drug-likeness (QED) is 0.692. The van der Waals surface area contributed by atoms with Crippen molar-refractivity contribution in [3.63, 3.8) is 0 Å². The third-order valence-corrected chi connectivity index (χ3v) is 2.02. The zero-order valence-electron chi connectivity index (χ0n) is 6.11. The van der Waals surface area contributed by atoms with E-state index in [1.54, 1.807) is 6.92 Å². The van der Waals surface area contributed by atoms with Crippen LogP contribution in [0.15, 0.2) is 6.07 Å². The van der Waals surface area contributed by atoms with E-state index in [1.165, 1.54) is 6.07 Å². The van der Waals surface area contributed by atoms with Gasteiger partial charge in [-0.05, 0) is 13.0 Å². The highest BCUT2D eigenvalue weighted by Crippen LogP contribution is 2.28. The first-order valence-corrected chi connectivity index (χ1v) is 3.88. The van der Waals surface area contributed by atoms with Crippen LogP contribution in [0.25, 0.3) is 0 Å². The van der Waals surface area contributed by atoms with Crippen molar-refractivity contribution < 1.29 is 8.78 Å². The van der Waals surface area contributed by atoms with Crippen LogP contribution >= 0.6 is 23.2 Å². The molecule has 66 valence electrons. The Hall–Kier alpha value is -0.410. The van der Waals surface area contributed by atoms with E-state index in [1.807, 2.05) is 0 Å². The van der Waals surface area contributed by atoms with Gasteiger partial charge in [0.15, 0.2) is 0 Å². The molecular formula is C7H5Cl2F2N. The van der Waals surface area contributed by atoms with Crippen molar-refractivity contribution in [2.45, 2.75) is 13.3 Å². The van der Waals surface area contributed by atoms with Crippen molar-refractivity contribution in [2.75, 3.05) is 0 Å². The maximum atomic E-state index is 12.1. The lowest BCUT2D eigenvalue weighted by atomic mass is 10.3. The van der Waals surface area contributed by atoms with Crippen molar-refractivity contribution in [3.05, 3.63) is 27.5 Å². The van der Waals surface area contributed by atoms with E-state index >= 15 is 0 Å². The summed E-state index contributed by atoms with van der Waals surface area (Å²) in [6.07, 6.45) is -2.66. The molecule has 0 atom stereocenters. The smallest absolute Gasteiger partial charge is 0.249 e. The monoisotopic (exact) mass is 211 g/mol. The third kappa shape index (κ3) is 1.84. The van der Waals surface area contributed by atoms with Gasteiger partial charge in [-0.1, -0.05) is 23.2 Å². The number of halogens is 4. The number of aryl methyl sites for hydroxylation is 1. The van der Waals surface area contributed by atoms with Crippen LogP contribution in [0.1, 0.15) is 17.8 Å². The molecule has 0 spiro atoms. The van der Waals surface area contributed by atoms with Gasteiger partial charge in [-0.25, -0.2) is 13.8 Å². The van der Waals surface area contributed by atoms with Gasteiger partial charge in [-0.3, -0.25) is 0 Å². The second-order valence-electron chi connectivity index (χ2n) is 2.22. The summed E-state index contributed by atoms with van der Waals surface area (Å²) in [6, 6.07) is 1.27. The Morgan fingerprint density at radius 3 is 2.42 bits per heavy atom. The van der Waals surface area contributed by atoms with E-state index in [0.717, 1.165) is 0 Å². The first kappa shape index (κ1) is 9.68. The summed E-state index contributed by atoms with van der Waals surface area (Å²) in [4.78, 5) is 3.56. The fraction of sp³-hybridized carbons (Fsp3) is 0.286. The molecule has 0 aromatic carbocycles. The lowest BCUT2D eigenvalue weighted by Gasteiger charge is -2.04. The van der Waals surface area contributed by atoms with Crippen LogP contribution in [-0.2, 0) is 0 Å². The van der Waals surface area contributed by atoms with Gasteiger partial charge in [0, 0.05) is 0 Å². The van der Waals surface area contributed by atoms with E-state index in [4.69, 9.17) is 23.2 Å². The van der Waals surface area contributed by atoms with Crippen molar-refractivity contribution in [3.8, 4) is 0 Å². The molecule has 0 N–H and O–H groups in total. The highest BCUT2D eigenvalue weighted by molar-refractivity contribution is 6.35. The number of hydrogen-bond acceptors (Lipinski definition) is 1. The predicted molar refractivity (Wildman–Crippen MR) is 44.0 cm³/mol. The summed E-state index contributed by atoms with van der Waals surface area (Å²) < 4.78 is 24.3. The molecule has 0 aliphatic rings. The standard InChI is InChI=1S/C7H5Cl2F2N/c1-3-4(8)2-5(9)6(12-3)7(10)11/h2,7H,1H3. The van der Waals surface area contributed by atoms with Gasteiger partial charge in [0.1, 0.15) is 5.69 Å².